The van der Waals surface area contributed by atoms with Gasteiger partial charge in [-0.1, -0.05) is 12.1 Å². The maximum absolute atomic E-state index is 13.1. The van der Waals surface area contributed by atoms with E-state index in [9.17, 15) is 31.2 Å². The van der Waals surface area contributed by atoms with E-state index in [2.05, 4.69) is 0 Å². The fraction of sp³-hybridized carbons (Fsp3) is 0.364. The molecule has 1 aliphatic heterocycles. The van der Waals surface area contributed by atoms with Crippen molar-refractivity contribution in [1.29, 1.82) is 0 Å². The van der Waals surface area contributed by atoms with Gasteiger partial charge in [-0.3, -0.25) is 13.9 Å². The van der Waals surface area contributed by atoms with Crippen molar-refractivity contribution in [2.75, 3.05) is 31.6 Å². The normalized spacial score (nSPS) is 16.3. The summed E-state index contributed by atoms with van der Waals surface area (Å²) in [5.41, 5.74) is 0.448. The predicted octanol–water partition coefficient (Wildman–Crippen LogP) is 2.80. The topological polar surface area (TPSA) is 96.0 Å². The highest BCUT2D eigenvalue weighted by atomic mass is 32.2. The van der Waals surface area contributed by atoms with Crippen molar-refractivity contribution in [2.24, 2.45) is 0 Å². The Morgan fingerprint density at radius 1 is 1.15 bits per heavy atom. The van der Waals surface area contributed by atoms with E-state index in [4.69, 9.17) is 4.74 Å². The SMILES string of the molecule is COc1ccccc1N(C)S(=O)(=O)c1ccc(C(=O)N2CCCC2C(=O)NCC(F)(F)F)cc1. The van der Waals surface area contributed by atoms with Gasteiger partial charge in [-0.15, -0.1) is 0 Å². The highest BCUT2D eigenvalue weighted by molar-refractivity contribution is 7.92. The zero-order valence-corrected chi connectivity index (χ0v) is 19.3. The quantitative estimate of drug-likeness (QED) is 0.632. The molecule has 0 aromatic heterocycles. The average Bonchev–Trinajstić information content (AvgIpc) is 3.31. The molecule has 184 valence electrons. The Kier molecular flexibility index (Phi) is 7.39. The first-order valence-corrected chi connectivity index (χ1v) is 11.8. The minimum Gasteiger partial charge on any atom is -0.495 e. The molecule has 0 bridgehead atoms. The number of amides is 2. The van der Waals surface area contributed by atoms with Crippen molar-refractivity contribution in [2.45, 2.75) is 30.0 Å². The van der Waals surface area contributed by atoms with Gasteiger partial charge in [0.25, 0.3) is 15.9 Å². The second-order valence-electron chi connectivity index (χ2n) is 7.66. The maximum Gasteiger partial charge on any atom is 0.405 e. The highest BCUT2D eigenvalue weighted by Gasteiger charge is 2.37. The third-order valence-corrected chi connectivity index (χ3v) is 7.25. The van der Waals surface area contributed by atoms with Gasteiger partial charge in [0.15, 0.2) is 0 Å². The van der Waals surface area contributed by atoms with Gasteiger partial charge in [0.05, 0.1) is 17.7 Å². The predicted molar refractivity (Wildman–Crippen MR) is 118 cm³/mol. The molecule has 2 aromatic carbocycles. The van der Waals surface area contributed by atoms with Crippen molar-refractivity contribution >= 4 is 27.5 Å². The summed E-state index contributed by atoms with van der Waals surface area (Å²) in [6, 6.07) is 10.7. The molecule has 1 atom stereocenters. The summed E-state index contributed by atoms with van der Waals surface area (Å²) in [7, 11) is -1.17. The summed E-state index contributed by atoms with van der Waals surface area (Å²) in [4.78, 5) is 26.2. The Hall–Kier alpha value is -3.28. The second kappa shape index (κ2) is 9.92. The van der Waals surface area contributed by atoms with E-state index in [0.29, 0.717) is 17.9 Å². The fourth-order valence-electron chi connectivity index (χ4n) is 3.70. The molecule has 3 rings (SSSR count). The van der Waals surface area contributed by atoms with E-state index >= 15 is 0 Å². The largest absolute Gasteiger partial charge is 0.495 e. The summed E-state index contributed by atoms with van der Waals surface area (Å²) in [6.07, 6.45) is -3.85. The van der Waals surface area contributed by atoms with Gasteiger partial charge in [0, 0.05) is 19.2 Å². The minimum absolute atomic E-state index is 0.0710. The molecule has 1 N–H and O–H groups in total. The van der Waals surface area contributed by atoms with E-state index in [1.54, 1.807) is 24.3 Å². The lowest BCUT2D eigenvalue weighted by atomic mass is 10.1. The van der Waals surface area contributed by atoms with E-state index in [-0.39, 0.29) is 23.4 Å². The van der Waals surface area contributed by atoms with E-state index in [0.717, 1.165) is 4.31 Å². The van der Waals surface area contributed by atoms with Crippen LogP contribution in [0.1, 0.15) is 23.2 Å². The Morgan fingerprint density at radius 2 is 1.79 bits per heavy atom. The van der Waals surface area contributed by atoms with Gasteiger partial charge in [-0.05, 0) is 49.2 Å². The molecule has 0 aliphatic carbocycles. The highest BCUT2D eigenvalue weighted by Crippen LogP contribution is 2.31. The number of hydrogen-bond acceptors (Lipinski definition) is 5. The van der Waals surface area contributed by atoms with Crippen LogP contribution in [0.4, 0.5) is 18.9 Å². The lowest BCUT2D eigenvalue weighted by Crippen LogP contribution is -2.48. The Balaban J connectivity index is 1.77. The van der Waals surface area contributed by atoms with Gasteiger partial charge in [-0.2, -0.15) is 13.2 Å². The third kappa shape index (κ3) is 5.44. The van der Waals surface area contributed by atoms with Crippen molar-refractivity contribution in [3.8, 4) is 5.75 Å². The minimum atomic E-state index is -4.55. The number of sulfonamides is 1. The molecule has 12 heteroatoms. The molecule has 1 unspecified atom stereocenters. The van der Waals surface area contributed by atoms with Crippen molar-refractivity contribution < 1.29 is 35.9 Å². The van der Waals surface area contributed by atoms with Crippen LogP contribution in [0.3, 0.4) is 0 Å². The molecule has 0 saturated carbocycles. The van der Waals surface area contributed by atoms with Crippen LogP contribution in [0.2, 0.25) is 0 Å². The summed E-state index contributed by atoms with van der Waals surface area (Å²) in [6.45, 7) is -1.27. The van der Waals surface area contributed by atoms with Crippen LogP contribution in [-0.4, -0.2) is 64.6 Å². The van der Waals surface area contributed by atoms with Crippen LogP contribution < -0.4 is 14.4 Å². The Morgan fingerprint density at radius 3 is 2.41 bits per heavy atom. The molecule has 1 saturated heterocycles. The van der Waals surface area contributed by atoms with Crippen molar-refractivity contribution in [3.63, 3.8) is 0 Å². The van der Waals surface area contributed by atoms with Crippen LogP contribution >= 0.6 is 0 Å². The lowest BCUT2D eigenvalue weighted by molar-refractivity contribution is -0.140. The van der Waals surface area contributed by atoms with Crippen molar-refractivity contribution in [1.82, 2.24) is 10.2 Å². The molecule has 8 nitrogen and oxygen atoms in total. The zero-order valence-electron chi connectivity index (χ0n) is 18.5. The fourth-order valence-corrected chi connectivity index (χ4v) is 4.91. The standard InChI is InChI=1S/C22H24F3N3O5S/c1-27(17-6-3-4-8-19(17)33-2)34(31,32)16-11-9-15(10-12-16)21(30)28-13-5-7-18(28)20(29)26-14-22(23,24)25/h3-4,6,8-12,18H,5,7,13-14H2,1-2H3,(H,26,29). The number of rotatable bonds is 7. The number of nitrogens with zero attached hydrogens (tertiary/aromatic N) is 2. The number of para-hydroxylation sites is 2. The number of likely N-dealkylation sites (tertiary alicyclic amines) is 1. The molecule has 34 heavy (non-hydrogen) atoms. The first-order valence-electron chi connectivity index (χ1n) is 10.3. The van der Waals surface area contributed by atoms with E-state index < -0.39 is 40.6 Å². The Labute approximate surface area is 195 Å². The number of halogens is 3. The number of anilines is 1. The van der Waals surface area contributed by atoms with Gasteiger partial charge >= 0.3 is 6.18 Å². The first kappa shape index (κ1) is 25.3. The molecule has 1 fully saturated rings. The third-order valence-electron chi connectivity index (χ3n) is 5.46. The zero-order chi connectivity index (χ0) is 25.1. The van der Waals surface area contributed by atoms with Crippen LogP contribution in [0.15, 0.2) is 53.4 Å². The van der Waals surface area contributed by atoms with Gasteiger partial charge < -0.3 is 15.0 Å². The number of methoxy groups -OCH3 is 1. The van der Waals surface area contributed by atoms with Gasteiger partial charge in [-0.25, -0.2) is 8.42 Å². The van der Waals surface area contributed by atoms with Crippen molar-refractivity contribution in [3.05, 3.63) is 54.1 Å². The number of carbonyl (C=O) groups excluding carboxylic acids is 2. The summed E-state index contributed by atoms with van der Waals surface area (Å²) >= 11 is 0. The first-order chi connectivity index (χ1) is 16.0. The average molecular weight is 500 g/mol. The molecular formula is C22H24F3N3O5S. The molecule has 2 amide bonds. The molecular weight excluding hydrogens is 475 g/mol. The number of alkyl halides is 3. The summed E-state index contributed by atoms with van der Waals surface area (Å²) in [5.74, 6) is -1.07. The number of hydrogen-bond donors (Lipinski definition) is 1. The second-order valence-corrected chi connectivity index (χ2v) is 9.63. The van der Waals surface area contributed by atoms with Gasteiger partial charge in [0.2, 0.25) is 5.91 Å². The monoisotopic (exact) mass is 499 g/mol. The van der Waals surface area contributed by atoms with Crippen LogP contribution in [0.25, 0.3) is 0 Å². The van der Waals surface area contributed by atoms with Gasteiger partial charge in [0.1, 0.15) is 18.3 Å². The number of benzene rings is 2. The molecule has 0 spiro atoms. The van der Waals surface area contributed by atoms with E-state index in [1.807, 2.05) is 5.32 Å². The molecule has 1 heterocycles. The smallest absolute Gasteiger partial charge is 0.405 e. The maximum atomic E-state index is 13.1. The number of nitrogens with one attached hydrogen (secondary N) is 1. The molecule has 0 radical (unpaired) electrons. The van der Waals surface area contributed by atoms with Crippen LogP contribution in [0, 0.1) is 0 Å². The lowest BCUT2D eigenvalue weighted by Gasteiger charge is -2.24. The molecule has 2 aromatic rings. The number of ether oxygens (including phenoxy) is 1. The van der Waals surface area contributed by atoms with Crippen LogP contribution in [0.5, 0.6) is 5.75 Å². The van der Waals surface area contributed by atoms with E-state index in [1.165, 1.54) is 43.3 Å². The Bertz CT molecular complexity index is 1150. The summed E-state index contributed by atoms with van der Waals surface area (Å²) in [5, 5.41) is 1.81. The van der Waals surface area contributed by atoms with Crippen LogP contribution in [-0.2, 0) is 14.8 Å². The number of carbonyl (C=O) groups is 2. The summed E-state index contributed by atoms with van der Waals surface area (Å²) < 4.78 is 69.6. The molecule has 1 aliphatic rings.